The minimum atomic E-state index is -4.49. The fraction of sp³-hybridized carbons (Fsp3) is 0.250. The van der Waals surface area contributed by atoms with Crippen LogP contribution in [0.25, 0.3) is 17.1 Å². The van der Waals surface area contributed by atoms with E-state index in [0.29, 0.717) is 23.1 Å². The van der Waals surface area contributed by atoms with Crippen LogP contribution in [0.3, 0.4) is 0 Å². The first-order valence-corrected chi connectivity index (χ1v) is 11.9. The van der Waals surface area contributed by atoms with Crippen LogP contribution in [0.4, 0.5) is 13.2 Å². The summed E-state index contributed by atoms with van der Waals surface area (Å²) in [7, 11) is 0. The van der Waals surface area contributed by atoms with Crippen LogP contribution in [0.5, 0.6) is 0 Å². The van der Waals surface area contributed by atoms with Crippen molar-refractivity contribution in [3.8, 4) is 17.1 Å². The van der Waals surface area contributed by atoms with E-state index in [1.807, 2.05) is 25.1 Å². The molecule has 1 amide bonds. The molecule has 0 aliphatic heterocycles. The van der Waals surface area contributed by atoms with Crippen molar-refractivity contribution in [3.63, 3.8) is 0 Å². The first kappa shape index (κ1) is 24.5. The number of carbonyl (C=O) groups is 1. The summed E-state index contributed by atoms with van der Waals surface area (Å²) in [6, 6.07) is 14.1. The zero-order valence-electron chi connectivity index (χ0n) is 18.7. The third kappa shape index (κ3) is 5.91. The van der Waals surface area contributed by atoms with Crippen LogP contribution < -0.4 is 5.32 Å². The lowest BCUT2D eigenvalue weighted by Gasteiger charge is -2.13. The van der Waals surface area contributed by atoms with E-state index in [9.17, 15) is 18.0 Å². The minimum absolute atomic E-state index is 0.168. The maximum absolute atomic E-state index is 13.4. The standard InChI is InChI=1S/C24H22F3N5O2S/c1-2-3-12-28-22(33)19-14-34-20(29-19)15-35-23-31-30-21(16-8-5-4-6-9-16)32(23)18-11-7-10-17(13-18)24(25,26)27/h4-11,13-14H,2-3,12,15H2,1H3,(H,28,33). The van der Waals surface area contributed by atoms with Gasteiger partial charge < -0.3 is 9.73 Å². The molecule has 2 heterocycles. The predicted octanol–water partition coefficient (Wildman–Crippen LogP) is 5.76. The topological polar surface area (TPSA) is 85.8 Å². The van der Waals surface area contributed by atoms with Crippen molar-refractivity contribution in [2.45, 2.75) is 36.9 Å². The summed E-state index contributed by atoms with van der Waals surface area (Å²) in [6.45, 7) is 2.58. The number of carbonyl (C=O) groups excluding carboxylic acids is 1. The van der Waals surface area contributed by atoms with Gasteiger partial charge in [-0.2, -0.15) is 13.2 Å². The summed E-state index contributed by atoms with van der Waals surface area (Å²) in [5.41, 5.74) is 0.368. The van der Waals surface area contributed by atoms with Crippen molar-refractivity contribution in [2.24, 2.45) is 0 Å². The Bertz CT molecular complexity index is 1290. The molecule has 0 unspecified atom stereocenters. The first-order chi connectivity index (χ1) is 16.9. The normalized spacial score (nSPS) is 11.5. The summed E-state index contributed by atoms with van der Waals surface area (Å²) in [5, 5.41) is 11.6. The van der Waals surface area contributed by atoms with Crippen molar-refractivity contribution < 1.29 is 22.4 Å². The second kappa shape index (κ2) is 10.8. The molecule has 2 aromatic carbocycles. The van der Waals surface area contributed by atoms with E-state index in [1.165, 1.54) is 24.1 Å². The number of aromatic nitrogens is 4. The number of thioether (sulfide) groups is 1. The first-order valence-electron chi connectivity index (χ1n) is 10.9. The van der Waals surface area contributed by atoms with Crippen LogP contribution in [-0.2, 0) is 11.9 Å². The van der Waals surface area contributed by atoms with Crippen LogP contribution in [0.15, 0.2) is 70.4 Å². The molecular weight excluding hydrogens is 479 g/mol. The number of hydrogen-bond donors (Lipinski definition) is 1. The van der Waals surface area contributed by atoms with E-state index in [1.54, 1.807) is 22.8 Å². The van der Waals surface area contributed by atoms with E-state index < -0.39 is 11.7 Å². The predicted molar refractivity (Wildman–Crippen MR) is 125 cm³/mol. The van der Waals surface area contributed by atoms with Crippen LogP contribution in [0, 0.1) is 0 Å². The monoisotopic (exact) mass is 501 g/mol. The molecule has 0 fully saturated rings. The van der Waals surface area contributed by atoms with Crippen LogP contribution in [0.1, 0.15) is 41.7 Å². The Kier molecular flexibility index (Phi) is 7.54. The van der Waals surface area contributed by atoms with Crippen LogP contribution >= 0.6 is 11.8 Å². The number of halogens is 3. The third-order valence-electron chi connectivity index (χ3n) is 5.02. The average molecular weight is 502 g/mol. The Morgan fingerprint density at radius 1 is 1.11 bits per heavy atom. The van der Waals surface area contributed by atoms with Crippen molar-refractivity contribution in [1.29, 1.82) is 0 Å². The maximum atomic E-state index is 13.4. The molecule has 0 spiro atoms. The third-order valence-corrected chi connectivity index (χ3v) is 5.94. The molecule has 4 rings (SSSR count). The number of benzene rings is 2. The molecule has 4 aromatic rings. The highest BCUT2D eigenvalue weighted by molar-refractivity contribution is 7.98. The Labute approximate surface area is 203 Å². The fourth-order valence-corrected chi connectivity index (χ4v) is 4.07. The molecule has 0 aliphatic carbocycles. The second-order valence-corrected chi connectivity index (χ2v) is 8.52. The van der Waals surface area contributed by atoms with Gasteiger partial charge in [0.25, 0.3) is 5.91 Å². The quantitative estimate of drug-likeness (QED) is 0.232. The van der Waals surface area contributed by atoms with Gasteiger partial charge >= 0.3 is 6.18 Å². The maximum Gasteiger partial charge on any atom is 0.416 e. The highest BCUT2D eigenvalue weighted by atomic mass is 32.2. The molecule has 0 radical (unpaired) electrons. The van der Waals surface area contributed by atoms with E-state index in [2.05, 4.69) is 20.5 Å². The number of oxazole rings is 1. The van der Waals surface area contributed by atoms with E-state index >= 15 is 0 Å². The summed E-state index contributed by atoms with van der Waals surface area (Å²) < 4.78 is 47.1. The molecule has 11 heteroatoms. The van der Waals surface area contributed by atoms with Gasteiger partial charge in [0.05, 0.1) is 17.0 Å². The molecule has 0 saturated heterocycles. The lowest BCUT2D eigenvalue weighted by molar-refractivity contribution is -0.137. The summed E-state index contributed by atoms with van der Waals surface area (Å²) in [4.78, 5) is 16.4. The van der Waals surface area contributed by atoms with Crippen molar-refractivity contribution in [1.82, 2.24) is 25.1 Å². The Morgan fingerprint density at radius 2 is 1.91 bits per heavy atom. The molecule has 0 atom stereocenters. The Hall–Kier alpha value is -3.60. The van der Waals surface area contributed by atoms with Crippen LogP contribution in [0.2, 0.25) is 0 Å². The Morgan fingerprint density at radius 3 is 2.66 bits per heavy atom. The van der Waals surface area contributed by atoms with Gasteiger partial charge in [-0.3, -0.25) is 9.36 Å². The van der Waals surface area contributed by atoms with Crippen molar-refractivity contribution in [3.05, 3.63) is 78.0 Å². The fourth-order valence-electron chi connectivity index (χ4n) is 3.27. The van der Waals surface area contributed by atoms with Crippen molar-refractivity contribution >= 4 is 17.7 Å². The van der Waals surface area contributed by atoms with Gasteiger partial charge in [0.1, 0.15) is 6.26 Å². The van der Waals surface area contributed by atoms with Gasteiger partial charge in [-0.1, -0.05) is 61.5 Å². The van der Waals surface area contributed by atoms with Gasteiger partial charge in [-0.05, 0) is 24.6 Å². The van der Waals surface area contributed by atoms with E-state index in [4.69, 9.17) is 4.42 Å². The molecule has 0 aliphatic rings. The molecule has 182 valence electrons. The highest BCUT2D eigenvalue weighted by Gasteiger charge is 2.31. The highest BCUT2D eigenvalue weighted by Crippen LogP contribution is 2.34. The summed E-state index contributed by atoms with van der Waals surface area (Å²) in [5.74, 6) is 0.567. The zero-order chi connectivity index (χ0) is 24.8. The number of amides is 1. The number of nitrogens with one attached hydrogen (secondary N) is 1. The SMILES string of the molecule is CCCCNC(=O)c1coc(CSc2nnc(-c3ccccc3)n2-c2cccc(C(F)(F)F)c2)n1. The average Bonchev–Trinajstić information content (AvgIpc) is 3.50. The van der Waals surface area contributed by atoms with Crippen molar-refractivity contribution in [2.75, 3.05) is 6.54 Å². The Balaban J connectivity index is 1.61. The zero-order valence-corrected chi connectivity index (χ0v) is 19.6. The molecule has 0 saturated carbocycles. The largest absolute Gasteiger partial charge is 0.447 e. The summed E-state index contributed by atoms with van der Waals surface area (Å²) >= 11 is 1.19. The molecule has 7 nitrogen and oxygen atoms in total. The lowest BCUT2D eigenvalue weighted by Crippen LogP contribution is -2.24. The number of hydrogen-bond acceptors (Lipinski definition) is 6. The smallest absolute Gasteiger partial charge is 0.416 e. The van der Waals surface area contributed by atoms with Gasteiger partial charge in [0.2, 0.25) is 5.89 Å². The molecule has 0 bridgehead atoms. The minimum Gasteiger partial charge on any atom is -0.447 e. The van der Waals surface area contributed by atoms with Gasteiger partial charge in [0, 0.05) is 12.1 Å². The second-order valence-electron chi connectivity index (χ2n) is 7.58. The van der Waals surface area contributed by atoms with Crippen LogP contribution in [-0.4, -0.2) is 32.2 Å². The number of alkyl halides is 3. The molecule has 2 aromatic heterocycles. The summed E-state index contributed by atoms with van der Waals surface area (Å²) in [6.07, 6.45) is -1.39. The lowest BCUT2D eigenvalue weighted by atomic mass is 10.1. The van der Waals surface area contributed by atoms with E-state index in [0.717, 1.165) is 25.0 Å². The van der Waals surface area contributed by atoms with Gasteiger partial charge in [-0.25, -0.2) is 4.98 Å². The van der Waals surface area contributed by atoms with E-state index in [-0.39, 0.29) is 28.9 Å². The molecular formula is C24H22F3N5O2S. The number of unbranched alkanes of at least 4 members (excludes halogenated alkanes) is 1. The number of nitrogens with zero attached hydrogens (tertiary/aromatic N) is 4. The molecule has 1 N–H and O–H groups in total. The van der Waals surface area contributed by atoms with Gasteiger partial charge in [0.15, 0.2) is 16.7 Å². The van der Waals surface area contributed by atoms with Gasteiger partial charge in [-0.15, -0.1) is 10.2 Å². The molecule has 35 heavy (non-hydrogen) atoms. The number of rotatable bonds is 9.